The van der Waals surface area contributed by atoms with E-state index in [-0.39, 0.29) is 17.7 Å². The van der Waals surface area contributed by atoms with Gasteiger partial charge in [0.1, 0.15) is 0 Å². The molecule has 1 N–H and O–H groups in total. The Kier molecular flexibility index (Phi) is 7.29. The molecule has 1 saturated carbocycles. The normalized spacial score (nSPS) is 19.8. The van der Waals surface area contributed by atoms with Crippen molar-refractivity contribution >= 4 is 10.9 Å². The summed E-state index contributed by atoms with van der Waals surface area (Å²) in [6, 6.07) is 6.82. The van der Waals surface area contributed by atoms with Gasteiger partial charge >= 0.3 is 0 Å². The number of pyridine rings is 1. The highest BCUT2D eigenvalue weighted by molar-refractivity contribution is 5.80. The third-order valence-electron chi connectivity index (χ3n) is 7.90. The number of nitrogens with one attached hydrogen (secondary N) is 1. The van der Waals surface area contributed by atoms with Gasteiger partial charge in [0, 0.05) is 30.3 Å². The summed E-state index contributed by atoms with van der Waals surface area (Å²) in [6.45, 7) is 8.52. The van der Waals surface area contributed by atoms with Crippen LogP contribution in [0.25, 0.3) is 10.9 Å². The van der Waals surface area contributed by atoms with E-state index in [1.54, 1.807) is 0 Å². The van der Waals surface area contributed by atoms with Crippen LogP contribution >= 0.6 is 0 Å². The SMILES string of the molecule is CCC[C@@H](c1nnnn1C[C@H]1CCCO1)N(Cc1cc2cc(C)c(C)cc2[nH]c1=O)C1CCCC1. The molecule has 8 heteroatoms. The number of hydrogen-bond donors (Lipinski definition) is 1. The van der Waals surface area contributed by atoms with E-state index in [0.29, 0.717) is 19.1 Å². The third kappa shape index (κ3) is 5.19. The van der Waals surface area contributed by atoms with Crippen LogP contribution in [0, 0.1) is 13.8 Å². The highest BCUT2D eigenvalue weighted by atomic mass is 16.5. The fourth-order valence-corrected chi connectivity index (χ4v) is 5.84. The van der Waals surface area contributed by atoms with Gasteiger partial charge in [-0.05, 0) is 91.1 Å². The second-order valence-corrected chi connectivity index (χ2v) is 10.4. The first-order valence-electron chi connectivity index (χ1n) is 13.3. The molecule has 2 fully saturated rings. The number of benzene rings is 1. The average Bonchev–Trinajstić information content (AvgIpc) is 3.62. The zero-order valence-corrected chi connectivity index (χ0v) is 21.3. The fraction of sp³-hybridized carbons (Fsp3) is 0.630. The second kappa shape index (κ2) is 10.6. The Hall–Kier alpha value is -2.58. The molecule has 0 amide bonds. The molecule has 0 bridgehead atoms. The summed E-state index contributed by atoms with van der Waals surface area (Å²) in [6.07, 6.45) is 9.05. The van der Waals surface area contributed by atoms with E-state index < -0.39 is 0 Å². The zero-order chi connectivity index (χ0) is 24.4. The van der Waals surface area contributed by atoms with Crippen molar-refractivity contribution in [3.05, 3.63) is 51.1 Å². The maximum atomic E-state index is 13.2. The minimum atomic E-state index is -0.00190. The topological polar surface area (TPSA) is 88.9 Å². The molecule has 2 aromatic heterocycles. The Bertz CT molecular complexity index is 1210. The lowest BCUT2D eigenvalue weighted by Crippen LogP contribution is -2.39. The lowest BCUT2D eigenvalue weighted by atomic mass is 10.0. The maximum Gasteiger partial charge on any atom is 0.252 e. The summed E-state index contributed by atoms with van der Waals surface area (Å²) in [5.41, 5.74) is 4.14. The first-order valence-corrected chi connectivity index (χ1v) is 13.3. The van der Waals surface area contributed by atoms with Gasteiger partial charge in [-0.3, -0.25) is 9.69 Å². The molecule has 2 aliphatic rings. The minimum absolute atomic E-state index is 0.00190. The summed E-state index contributed by atoms with van der Waals surface area (Å²) >= 11 is 0. The summed E-state index contributed by atoms with van der Waals surface area (Å²) in [7, 11) is 0. The third-order valence-corrected chi connectivity index (χ3v) is 7.90. The molecule has 1 aliphatic heterocycles. The van der Waals surface area contributed by atoms with Crippen LogP contribution in [0.15, 0.2) is 23.0 Å². The van der Waals surface area contributed by atoms with Crippen LogP contribution in [0.2, 0.25) is 0 Å². The van der Waals surface area contributed by atoms with Gasteiger partial charge in [0.2, 0.25) is 0 Å². The molecule has 2 atom stereocenters. The first kappa shape index (κ1) is 24.1. The van der Waals surface area contributed by atoms with Crippen LogP contribution in [-0.4, -0.2) is 48.8 Å². The van der Waals surface area contributed by atoms with Gasteiger partial charge in [0.25, 0.3) is 5.56 Å². The molecule has 0 unspecified atom stereocenters. The van der Waals surface area contributed by atoms with Crippen molar-refractivity contribution in [2.75, 3.05) is 6.61 Å². The molecule has 3 heterocycles. The summed E-state index contributed by atoms with van der Waals surface area (Å²) < 4.78 is 7.83. The van der Waals surface area contributed by atoms with E-state index in [4.69, 9.17) is 4.74 Å². The number of nitrogens with zero attached hydrogens (tertiary/aromatic N) is 5. The van der Waals surface area contributed by atoms with E-state index in [1.807, 2.05) is 4.68 Å². The Labute approximate surface area is 207 Å². The smallest absolute Gasteiger partial charge is 0.252 e. The highest BCUT2D eigenvalue weighted by Crippen LogP contribution is 2.34. The lowest BCUT2D eigenvalue weighted by molar-refractivity contribution is 0.0828. The molecule has 5 rings (SSSR count). The van der Waals surface area contributed by atoms with Gasteiger partial charge in [-0.25, -0.2) is 4.68 Å². The van der Waals surface area contributed by atoms with E-state index in [0.717, 1.165) is 67.4 Å². The van der Waals surface area contributed by atoms with Crippen LogP contribution in [0.5, 0.6) is 0 Å². The van der Waals surface area contributed by atoms with Crippen LogP contribution < -0.4 is 5.56 Å². The second-order valence-electron chi connectivity index (χ2n) is 10.4. The van der Waals surface area contributed by atoms with Crippen LogP contribution in [-0.2, 0) is 17.8 Å². The van der Waals surface area contributed by atoms with Crippen molar-refractivity contribution in [3.63, 3.8) is 0 Å². The average molecular weight is 479 g/mol. The van der Waals surface area contributed by atoms with Crippen molar-refractivity contribution in [2.24, 2.45) is 0 Å². The van der Waals surface area contributed by atoms with Crippen LogP contribution in [0.1, 0.15) is 86.8 Å². The van der Waals surface area contributed by atoms with E-state index in [2.05, 4.69) is 64.4 Å². The molecule has 0 spiro atoms. The van der Waals surface area contributed by atoms with E-state index >= 15 is 0 Å². The van der Waals surface area contributed by atoms with Crippen molar-refractivity contribution in [3.8, 4) is 0 Å². The Balaban J connectivity index is 1.50. The minimum Gasteiger partial charge on any atom is -0.376 e. The summed E-state index contributed by atoms with van der Waals surface area (Å²) in [4.78, 5) is 18.9. The molecule has 1 aromatic carbocycles. The van der Waals surface area contributed by atoms with Gasteiger partial charge < -0.3 is 9.72 Å². The quantitative estimate of drug-likeness (QED) is 0.484. The molecule has 0 radical (unpaired) electrons. The molecule has 1 aliphatic carbocycles. The molecule has 8 nitrogen and oxygen atoms in total. The number of tetrazole rings is 1. The predicted molar refractivity (Wildman–Crippen MR) is 136 cm³/mol. The predicted octanol–water partition coefficient (Wildman–Crippen LogP) is 4.60. The molecule has 188 valence electrons. The maximum absolute atomic E-state index is 13.2. The number of aryl methyl sites for hydroxylation is 2. The summed E-state index contributed by atoms with van der Waals surface area (Å²) in [5, 5.41) is 14.0. The Morgan fingerprint density at radius 1 is 1.14 bits per heavy atom. The molecule has 1 saturated heterocycles. The highest BCUT2D eigenvalue weighted by Gasteiger charge is 2.33. The lowest BCUT2D eigenvalue weighted by Gasteiger charge is -2.36. The fourth-order valence-electron chi connectivity index (χ4n) is 5.84. The van der Waals surface area contributed by atoms with Gasteiger partial charge in [0.15, 0.2) is 5.82 Å². The number of fused-ring (bicyclic) bond motifs is 1. The molecule has 3 aromatic rings. The number of hydrogen-bond acceptors (Lipinski definition) is 6. The molecular formula is C27H38N6O2. The molecular weight excluding hydrogens is 440 g/mol. The summed E-state index contributed by atoms with van der Waals surface area (Å²) in [5.74, 6) is 0.901. The van der Waals surface area contributed by atoms with Gasteiger partial charge in [-0.1, -0.05) is 26.2 Å². The number of ether oxygens (including phenoxy) is 1. The molecule has 35 heavy (non-hydrogen) atoms. The zero-order valence-electron chi connectivity index (χ0n) is 21.3. The largest absolute Gasteiger partial charge is 0.376 e. The van der Waals surface area contributed by atoms with E-state index in [9.17, 15) is 4.79 Å². The van der Waals surface area contributed by atoms with Crippen LogP contribution in [0.4, 0.5) is 0 Å². The Morgan fingerprint density at radius 2 is 1.94 bits per heavy atom. The monoisotopic (exact) mass is 478 g/mol. The van der Waals surface area contributed by atoms with Crippen molar-refractivity contribution < 1.29 is 4.74 Å². The number of aromatic amines is 1. The number of rotatable bonds is 9. The van der Waals surface area contributed by atoms with Crippen LogP contribution in [0.3, 0.4) is 0 Å². The van der Waals surface area contributed by atoms with Crippen molar-refractivity contribution in [1.29, 1.82) is 0 Å². The first-order chi connectivity index (χ1) is 17.0. The van der Waals surface area contributed by atoms with Crippen molar-refractivity contribution in [1.82, 2.24) is 30.1 Å². The standard InChI is InChI=1S/C27H38N6O2/c1-4-8-25(26-29-30-31-33(26)17-23-11-7-12-35-23)32(22-9-5-6-10-22)16-21-15-20-13-18(2)19(3)14-24(20)28-27(21)34/h13-15,22-23,25H,4-12,16-17H2,1-3H3,(H,28,34)/t23-,25+/m1/s1. The van der Waals surface area contributed by atoms with Gasteiger partial charge in [0.05, 0.1) is 18.7 Å². The van der Waals surface area contributed by atoms with Gasteiger partial charge in [-0.2, -0.15) is 0 Å². The number of H-pyrrole nitrogens is 1. The van der Waals surface area contributed by atoms with Crippen molar-refractivity contribution in [2.45, 2.75) is 103 Å². The van der Waals surface area contributed by atoms with E-state index in [1.165, 1.54) is 24.0 Å². The van der Waals surface area contributed by atoms with Gasteiger partial charge in [-0.15, -0.1) is 5.10 Å². The number of aromatic nitrogens is 5. The Morgan fingerprint density at radius 3 is 2.69 bits per heavy atom.